The van der Waals surface area contributed by atoms with Crippen molar-refractivity contribution in [2.75, 3.05) is 0 Å². The van der Waals surface area contributed by atoms with Crippen LogP contribution >= 0.6 is 11.3 Å². The summed E-state index contributed by atoms with van der Waals surface area (Å²) in [5, 5.41) is 2.70. The van der Waals surface area contributed by atoms with Crippen molar-refractivity contribution >= 4 is 23.2 Å². The maximum absolute atomic E-state index is 12.5. The van der Waals surface area contributed by atoms with Gasteiger partial charge in [-0.25, -0.2) is 4.79 Å². The number of hydrogen-bond donors (Lipinski definition) is 1. The Balaban J connectivity index is 1.42. The number of furan rings is 1. The lowest BCUT2D eigenvalue weighted by Gasteiger charge is -2.15. The second-order valence-corrected chi connectivity index (χ2v) is 7.52. The fourth-order valence-electron chi connectivity index (χ4n) is 3.18. The van der Waals surface area contributed by atoms with Crippen LogP contribution < -0.4 is 5.32 Å². The fraction of sp³-hybridized carbons (Fsp3) is 0.238. The Kier molecular flexibility index (Phi) is 4.81. The van der Waals surface area contributed by atoms with Gasteiger partial charge in [0.2, 0.25) is 0 Å². The number of fused-ring (bicyclic) bond motifs is 3. The van der Waals surface area contributed by atoms with Gasteiger partial charge in [-0.3, -0.25) is 4.79 Å². The molecule has 2 aromatic heterocycles. The molecule has 1 N–H and O–H groups in total. The third kappa shape index (κ3) is 3.66. The largest absolute Gasteiger partial charge is 0.467 e. The molecule has 5 nitrogen and oxygen atoms in total. The maximum Gasteiger partial charge on any atom is 0.349 e. The Morgan fingerprint density at radius 2 is 2.00 bits per heavy atom. The second-order valence-electron chi connectivity index (χ2n) is 6.47. The van der Waals surface area contributed by atoms with Crippen LogP contribution in [0.25, 0.3) is 10.4 Å². The molecule has 4 rings (SSSR count). The van der Waals surface area contributed by atoms with E-state index in [-0.39, 0.29) is 12.5 Å². The average molecular weight is 381 g/mol. The van der Waals surface area contributed by atoms with E-state index in [2.05, 4.69) is 17.4 Å². The molecule has 1 atom stereocenters. The summed E-state index contributed by atoms with van der Waals surface area (Å²) >= 11 is 1.43. The van der Waals surface area contributed by atoms with Crippen molar-refractivity contribution in [3.63, 3.8) is 0 Å². The van der Waals surface area contributed by atoms with E-state index in [1.54, 1.807) is 25.3 Å². The van der Waals surface area contributed by atoms with Gasteiger partial charge in [-0.15, -0.1) is 11.3 Å². The predicted octanol–water partition coefficient (Wildman–Crippen LogP) is 3.97. The number of thiophene rings is 1. The molecule has 0 spiro atoms. The molecule has 1 amide bonds. The van der Waals surface area contributed by atoms with Crippen LogP contribution in [0, 0.1) is 0 Å². The van der Waals surface area contributed by atoms with E-state index in [1.807, 2.05) is 18.2 Å². The summed E-state index contributed by atoms with van der Waals surface area (Å²) in [6.45, 7) is 1.83. The van der Waals surface area contributed by atoms with Crippen molar-refractivity contribution in [2.45, 2.75) is 32.4 Å². The third-order valence-corrected chi connectivity index (χ3v) is 5.80. The molecule has 1 aliphatic carbocycles. The van der Waals surface area contributed by atoms with Crippen LogP contribution in [-0.2, 0) is 28.9 Å². The summed E-state index contributed by atoms with van der Waals surface area (Å²) in [4.78, 5) is 26.3. The van der Waals surface area contributed by atoms with Crippen LogP contribution in [0.15, 0.2) is 53.1 Å². The summed E-state index contributed by atoms with van der Waals surface area (Å²) in [6.07, 6.45) is 2.55. The molecule has 0 saturated carbocycles. The Hall–Kier alpha value is -2.86. The zero-order chi connectivity index (χ0) is 18.8. The third-order valence-electron chi connectivity index (χ3n) is 4.61. The predicted molar refractivity (Wildman–Crippen MR) is 103 cm³/mol. The van der Waals surface area contributed by atoms with E-state index in [9.17, 15) is 9.59 Å². The van der Waals surface area contributed by atoms with Crippen molar-refractivity contribution in [1.82, 2.24) is 5.32 Å². The lowest BCUT2D eigenvalue weighted by atomic mass is 9.91. The van der Waals surface area contributed by atoms with E-state index < -0.39 is 12.1 Å². The van der Waals surface area contributed by atoms with Gasteiger partial charge in [-0.2, -0.15) is 0 Å². The molecule has 0 aliphatic heterocycles. The van der Waals surface area contributed by atoms with E-state index in [4.69, 9.17) is 9.15 Å². The first-order valence-electron chi connectivity index (χ1n) is 8.84. The van der Waals surface area contributed by atoms with E-state index in [1.165, 1.54) is 28.0 Å². The molecule has 0 fully saturated rings. The van der Waals surface area contributed by atoms with E-state index in [0.29, 0.717) is 10.6 Å². The van der Waals surface area contributed by atoms with Gasteiger partial charge in [0.25, 0.3) is 5.91 Å². The van der Waals surface area contributed by atoms with Crippen LogP contribution in [0.5, 0.6) is 0 Å². The van der Waals surface area contributed by atoms with Crippen LogP contribution in [0.3, 0.4) is 0 Å². The SMILES string of the molecule is CC(OC(=O)c1cc2c(s1)-c1ccccc1CC2)C(=O)NCc1ccco1. The topological polar surface area (TPSA) is 68.5 Å². The zero-order valence-corrected chi connectivity index (χ0v) is 15.7. The summed E-state index contributed by atoms with van der Waals surface area (Å²) in [6, 6.07) is 13.7. The number of hydrogen-bond acceptors (Lipinski definition) is 5. The number of benzene rings is 1. The molecule has 3 aromatic rings. The molecular weight excluding hydrogens is 362 g/mol. The number of carbonyl (C=O) groups is 2. The van der Waals surface area contributed by atoms with Gasteiger partial charge in [0.15, 0.2) is 6.10 Å². The van der Waals surface area contributed by atoms with Gasteiger partial charge < -0.3 is 14.5 Å². The van der Waals surface area contributed by atoms with Crippen molar-refractivity contribution < 1.29 is 18.7 Å². The lowest BCUT2D eigenvalue weighted by Crippen LogP contribution is -2.35. The van der Waals surface area contributed by atoms with E-state index in [0.717, 1.165) is 17.7 Å². The molecule has 6 heteroatoms. The van der Waals surface area contributed by atoms with Crippen molar-refractivity contribution in [3.05, 3.63) is 70.5 Å². The Bertz CT molecular complexity index is 974. The number of amides is 1. The molecule has 1 aliphatic rings. The first-order valence-corrected chi connectivity index (χ1v) is 9.65. The number of nitrogens with one attached hydrogen (secondary N) is 1. The monoisotopic (exact) mass is 381 g/mol. The van der Waals surface area contributed by atoms with Gasteiger partial charge in [-0.05, 0) is 54.7 Å². The number of esters is 1. The van der Waals surface area contributed by atoms with Crippen LogP contribution in [0.2, 0.25) is 0 Å². The van der Waals surface area contributed by atoms with Crippen molar-refractivity contribution in [1.29, 1.82) is 0 Å². The van der Waals surface area contributed by atoms with Gasteiger partial charge in [-0.1, -0.05) is 24.3 Å². The Morgan fingerprint density at radius 1 is 1.19 bits per heavy atom. The highest BCUT2D eigenvalue weighted by Gasteiger charge is 2.24. The van der Waals surface area contributed by atoms with Gasteiger partial charge >= 0.3 is 5.97 Å². The molecule has 0 bridgehead atoms. The molecule has 0 radical (unpaired) electrons. The molecule has 1 unspecified atom stereocenters. The number of ether oxygens (including phenoxy) is 1. The molecule has 138 valence electrons. The highest BCUT2D eigenvalue weighted by molar-refractivity contribution is 7.17. The minimum atomic E-state index is -0.876. The van der Waals surface area contributed by atoms with Crippen LogP contribution in [-0.4, -0.2) is 18.0 Å². The molecule has 2 heterocycles. The van der Waals surface area contributed by atoms with Gasteiger partial charge in [0, 0.05) is 4.88 Å². The zero-order valence-electron chi connectivity index (χ0n) is 14.9. The summed E-state index contributed by atoms with van der Waals surface area (Å²) in [7, 11) is 0. The molecular formula is C21H19NO4S. The molecule has 1 aromatic carbocycles. The normalized spacial score (nSPS) is 13.4. The first-order chi connectivity index (χ1) is 13.1. The fourth-order valence-corrected chi connectivity index (χ4v) is 4.33. The number of carbonyl (C=O) groups excluding carboxylic acids is 2. The maximum atomic E-state index is 12.5. The van der Waals surface area contributed by atoms with Gasteiger partial charge in [0.1, 0.15) is 10.6 Å². The highest BCUT2D eigenvalue weighted by Crippen LogP contribution is 2.39. The summed E-state index contributed by atoms with van der Waals surface area (Å²) in [5.41, 5.74) is 3.66. The molecule has 27 heavy (non-hydrogen) atoms. The summed E-state index contributed by atoms with van der Waals surface area (Å²) in [5.74, 6) is -0.176. The molecule has 0 saturated heterocycles. The van der Waals surface area contributed by atoms with Crippen LogP contribution in [0.1, 0.15) is 33.5 Å². The van der Waals surface area contributed by atoms with Crippen molar-refractivity contribution in [2.24, 2.45) is 0 Å². The first kappa shape index (κ1) is 17.5. The smallest absolute Gasteiger partial charge is 0.349 e. The Labute approximate surface area is 161 Å². The highest BCUT2D eigenvalue weighted by atomic mass is 32.1. The minimum Gasteiger partial charge on any atom is -0.467 e. The number of aryl methyl sites for hydroxylation is 2. The van der Waals surface area contributed by atoms with Crippen LogP contribution in [0.4, 0.5) is 0 Å². The standard InChI is InChI=1S/C21H19NO4S/c1-13(20(23)22-12-16-6-4-10-25-16)26-21(24)18-11-15-9-8-14-5-2-3-7-17(14)19(15)27-18/h2-7,10-11,13H,8-9,12H2,1H3,(H,22,23). The van der Waals surface area contributed by atoms with E-state index >= 15 is 0 Å². The Morgan fingerprint density at radius 3 is 2.81 bits per heavy atom. The second kappa shape index (κ2) is 7.40. The summed E-state index contributed by atoms with van der Waals surface area (Å²) < 4.78 is 10.5. The minimum absolute atomic E-state index is 0.262. The average Bonchev–Trinajstić information content (AvgIpc) is 3.35. The number of rotatable bonds is 5. The lowest BCUT2D eigenvalue weighted by molar-refractivity contribution is -0.129. The van der Waals surface area contributed by atoms with Crippen molar-refractivity contribution in [3.8, 4) is 10.4 Å². The van der Waals surface area contributed by atoms with Gasteiger partial charge in [0.05, 0.1) is 12.8 Å². The quantitative estimate of drug-likeness (QED) is 0.679.